The van der Waals surface area contributed by atoms with Crippen LogP contribution in [0.1, 0.15) is 19.8 Å². The van der Waals surface area contributed by atoms with Crippen molar-refractivity contribution in [1.29, 1.82) is 0 Å². The maximum absolute atomic E-state index is 8.98. The number of likely N-dealkylation sites (tertiary alicyclic amines) is 1. The van der Waals surface area contributed by atoms with Gasteiger partial charge < -0.3 is 10.8 Å². The normalized spacial score (nSPS) is 29.2. The fourth-order valence-corrected chi connectivity index (χ4v) is 1.81. The summed E-state index contributed by atoms with van der Waals surface area (Å²) < 4.78 is 0. The molecule has 2 unspecified atom stereocenters. The molecule has 0 aromatic carbocycles. The van der Waals surface area contributed by atoms with E-state index in [2.05, 4.69) is 11.8 Å². The van der Waals surface area contributed by atoms with Gasteiger partial charge in [0, 0.05) is 18.6 Å². The summed E-state index contributed by atoms with van der Waals surface area (Å²) in [5.41, 5.74) is 5.52. The fraction of sp³-hybridized carbons (Fsp3) is 1.00. The van der Waals surface area contributed by atoms with Crippen LogP contribution in [0.15, 0.2) is 0 Å². The van der Waals surface area contributed by atoms with Crippen molar-refractivity contribution in [3.05, 3.63) is 0 Å². The summed E-state index contributed by atoms with van der Waals surface area (Å²) in [5, 5.41) is 8.98. The van der Waals surface area contributed by atoms with Crippen molar-refractivity contribution < 1.29 is 5.11 Å². The van der Waals surface area contributed by atoms with Gasteiger partial charge in [-0.2, -0.15) is 0 Å². The monoisotopic (exact) mass is 158 g/mol. The van der Waals surface area contributed by atoms with Crippen LogP contribution in [0.2, 0.25) is 0 Å². The largest absolute Gasteiger partial charge is 0.395 e. The molecule has 0 aromatic heterocycles. The van der Waals surface area contributed by atoms with Gasteiger partial charge in [0.15, 0.2) is 0 Å². The molecule has 0 amide bonds. The number of hydrogen-bond donors (Lipinski definition) is 2. The Morgan fingerprint density at radius 2 is 2.45 bits per heavy atom. The van der Waals surface area contributed by atoms with Gasteiger partial charge in [-0.1, -0.05) is 0 Å². The highest BCUT2D eigenvalue weighted by atomic mass is 16.3. The van der Waals surface area contributed by atoms with E-state index >= 15 is 0 Å². The lowest BCUT2D eigenvalue weighted by Gasteiger charge is -2.28. The van der Waals surface area contributed by atoms with E-state index < -0.39 is 0 Å². The summed E-state index contributed by atoms with van der Waals surface area (Å²) in [5.74, 6) is 0. The highest BCUT2D eigenvalue weighted by Gasteiger charge is 2.25. The highest BCUT2D eigenvalue weighted by molar-refractivity contribution is 4.82. The van der Waals surface area contributed by atoms with E-state index in [1.54, 1.807) is 0 Å². The van der Waals surface area contributed by atoms with Crippen molar-refractivity contribution in [2.75, 3.05) is 19.7 Å². The van der Waals surface area contributed by atoms with Crippen molar-refractivity contribution in [2.45, 2.75) is 31.8 Å². The Morgan fingerprint density at radius 1 is 1.73 bits per heavy atom. The first-order valence-corrected chi connectivity index (χ1v) is 4.36. The van der Waals surface area contributed by atoms with Gasteiger partial charge in [-0.25, -0.2) is 0 Å². The van der Waals surface area contributed by atoms with Crippen LogP contribution in [-0.4, -0.2) is 41.8 Å². The zero-order valence-corrected chi connectivity index (χ0v) is 7.16. The molecular weight excluding hydrogens is 140 g/mol. The van der Waals surface area contributed by atoms with Crippen LogP contribution in [-0.2, 0) is 0 Å². The summed E-state index contributed by atoms with van der Waals surface area (Å²) in [7, 11) is 0. The van der Waals surface area contributed by atoms with E-state index in [-0.39, 0.29) is 12.6 Å². The molecule has 3 nitrogen and oxygen atoms in total. The highest BCUT2D eigenvalue weighted by Crippen LogP contribution is 2.18. The maximum atomic E-state index is 8.98. The first-order chi connectivity index (χ1) is 5.29. The first kappa shape index (κ1) is 8.97. The summed E-state index contributed by atoms with van der Waals surface area (Å²) in [6.45, 7) is 4.07. The van der Waals surface area contributed by atoms with Gasteiger partial charge in [0.05, 0.1) is 6.61 Å². The zero-order valence-electron chi connectivity index (χ0n) is 7.16. The molecule has 0 radical (unpaired) electrons. The number of aliphatic hydroxyl groups excluding tert-OH is 1. The van der Waals surface area contributed by atoms with Gasteiger partial charge in [0.1, 0.15) is 0 Å². The molecule has 0 aliphatic carbocycles. The average Bonchev–Trinajstić information content (AvgIpc) is 2.40. The lowest BCUT2D eigenvalue weighted by atomic mass is 10.2. The molecule has 0 bridgehead atoms. The van der Waals surface area contributed by atoms with Gasteiger partial charge in [-0.15, -0.1) is 0 Å². The molecule has 3 N–H and O–H groups in total. The molecule has 1 rings (SSSR count). The van der Waals surface area contributed by atoms with Crippen LogP contribution in [0.3, 0.4) is 0 Å². The molecule has 1 aliphatic rings. The number of hydrogen-bond acceptors (Lipinski definition) is 3. The Kier molecular flexibility index (Phi) is 3.30. The molecular formula is C8H18N2O. The van der Waals surface area contributed by atoms with Crippen molar-refractivity contribution in [1.82, 2.24) is 4.90 Å². The Bertz CT molecular complexity index is 115. The minimum atomic E-state index is 0.187. The zero-order chi connectivity index (χ0) is 8.27. The lowest BCUT2D eigenvalue weighted by Crippen LogP contribution is -2.44. The van der Waals surface area contributed by atoms with Gasteiger partial charge in [0.2, 0.25) is 0 Å². The van der Waals surface area contributed by atoms with Gasteiger partial charge in [-0.05, 0) is 26.3 Å². The summed E-state index contributed by atoms with van der Waals surface area (Å²) in [6, 6.07) is 0.795. The second-order valence-corrected chi connectivity index (χ2v) is 3.30. The third-order valence-corrected chi connectivity index (χ3v) is 2.56. The van der Waals surface area contributed by atoms with Crippen LogP contribution in [0.25, 0.3) is 0 Å². The van der Waals surface area contributed by atoms with E-state index in [4.69, 9.17) is 10.8 Å². The molecule has 1 aliphatic heterocycles. The van der Waals surface area contributed by atoms with Crippen LogP contribution in [0.5, 0.6) is 0 Å². The number of aliphatic hydroxyl groups is 1. The summed E-state index contributed by atoms with van der Waals surface area (Å²) >= 11 is 0. The topological polar surface area (TPSA) is 49.5 Å². The summed E-state index contributed by atoms with van der Waals surface area (Å²) in [6.07, 6.45) is 2.49. The SMILES string of the molecule is CC1CCCN1C(CN)CO. The Morgan fingerprint density at radius 3 is 2.82 bits per heavy atom. The molecule has 0 aromatic rings. The van der Waals surface area contributed by atoms with E-state index in [0.717, 1.165) is 6.54 Å². The number of rotatable bonds is 3. The smallest absolute Gasteiger partial charge is 0.0599 e. The van der Waals surface area contributed by atoms with E-state index in [9.17, 15) is 0 Å². The van der Waals surface area contributed by atoms with Gasteiger partial charge in [-0.3, -0.25) is 4.90 Å². The predicted molar refractivity (Wildman–Crippen MR) is 45.3 cm³/mol. The third kappa shape index (κ3) is 1.92. The average molecular weight is 158 g/mol. The fourth-order valence-electron chi connectivity index (χ4n) is 1.81. The standard InChI is InChI=1S/C8H18N2O/c1-7-3-2-4-10(7)8(5-9)6-11/h7-8,11H,2-6,9H2,1H3. The van der Waals surface area contributed by atoms with Crippen molar-refractivity contribution in [3.8, 4) is 0 Å². The minimum absolute atomic E-state index is 0.187. The second-order valence-electron chi connectivity index (χ2n) is 3.30. The van der Waals surface area contributed by atoms with Crippen LogP contribution in [0, 0.1) is 0 Å². The van der Waals surface area contributed by atoms with Crippen molar-refractivity contribution in [2.24, 2.45) is 5.73 Å². The quantitative estimate of drug-likeness (QED) is 0.597. The van der Waals surface area contributed by atoms with Crippen LogP contribution < -0.4 is 5.73 Å². The Labute approximate surface area is 68.2 Å². The molecule has 1 heterocycles. The predicted octanol–water partition coefficient (Wildman–Crippen LogP) is -0.210. The van der Waals surface area contributed by atoms with E-state index in [0.29, 0.717) is 12.6 Å². The minimum Gasteiger partial charge on any atom is -0.395 e. The molecule has 3 heteroatoms. The Balaban J connectivity index is 2.43. The van der Waals surface area contributed by atoms with Crippen LogP contribution >= 0.6 is 0 Å². The van der Waals surface area contributed by atoms with Crippen molar-refractivity contribution >= 4 is 0 Å². The third-order valence-electron chi connectivity index (χ3n) is 2.56. The van der Waals surface area contributed by atoms with E-state index in [1.807, 2.05) is 0 Å². The van der Waals surface area contributed by atoms with Crippen molar-refractivity contribution in [3.63, 3.8) is 0 Å². The molecule has 1 fully saturated rings. The molecule has 0 spiro atoms. The number of nitrogens with two attached hydrogens (primary N) is 1. The Hall–Kier alpha value is -0.120. The second kappa shape index (κ2) is 4.04. The van der Waals surface area contributed by atoms with Crippen LogP contribution in [0.4, 0.5) is 0 Å². The first-order valence-electron chi connectivity index (χ1n) is 4.36. The van der Waals surface area contributed by atoms with E-state index in [1.165, 1.54) is 12.8 Å². The number of nitrogens with zero attached hydrogens (tertiary/aromatic N) is 1. The maximum Gasteiger partial charge on any atom is 0.0599 e. The molecule has 2 atom stereocenters. The lowest BCUT2D eigenvalue weighted by molar-refractivity contribution is 0.123. The van der Waals surface area contributed by atoms with Gasteiger partial charge in [0.25, 0.3) is 0 Å². The summed E-state index contributed by atoms with van der Waals surface area (Å²) in [4.78, 5) is 2.31. The molecule has 0 saturated carbocycles. The van der Waals surface area contributed by atoms with Gasteiger partial charge >= 0.3 is 0 Å². The molecule has 11 heavy (non-hydrogen) atoms. The molecule has 66 valence electrons. The molecule has 1 saturated heterocycles.